The molecule has 1 atom stereocenters. The molecule has 108 valence electrons. The molecule has 0 aromatic heterocycles. The molecule has 0 saturated heterocycles. The van der Waals surface area contributed by atoms with Crippen molar-refractivity contribution in [2.45, 2.75) is 30.0 Å². The van der Waals surface area contributed by atoms with Crippen molar-refractivity contribution >= 4 is 53.5 Å². The molecule has 1 aromatic carbocycles. The van der Waals surface area contributed by atoms with Gasteiger partial charge in [-0.05, 0) is 30.5 Å². The van der Waals surface area contributed by atoms with E-state index in [0.29, 0.717) is 12.5 Å². The first kappa shape index (κ1) is 17.4. The minimum atomic E-state index is -3.57. The van der Waals surface area contributed by atoms with Gasteiger partial charge < -0.3 is 0 Å². The van der Waals surface area contributed by atoms with Crippen molar-refractivity contribution in [2.75, 3.05) is 6.54 Å². The number of halogens is 3. The van der Waals surface area contributed by atoms with Crippen LogP contribution in [0.15, 0.2) is 27.6 Å². The normalized spacial score (nSPS) is 13.8. The topological polar surface area (TPSA) is 46.2 Å². The van der Waals surface area contributed by atoms with Gasteiger partial charge in [0.25, 0.3) is 0 Å². The quantitative estimate of drug-likeness (QED) is 0.684. The molecular weight excluding hydrogens is 417 g/mol. The Morgan fingerprint density at radius 1 is 1.37 bits per heavy atom. The van der Waals surface area contributed by atoms with Crippen molar-refractivity contribution in [2.24, 2.45) is 5.92 Å². The van der Waals surface area contributed by atoms with Crippen LogP contribution >= 0.6 is 43.5 Å². The SMILES string of the molecule is CC(C)CC(Br)CNS(=O)(=O)c1ccc(Br)cc1Cl. The molecule has 7 heteroatoms. The maximum Gasteiger partial charge on any atom is 0.242 e. The van der Waals surface area contributed by atoms with Gasteiger partial charge in [-0.15, -0.1) is 0 Å². The molecule has 19 heavy (non-hydrogen) atoms. The van der Waals surface area contributed by atoms with Gasteiger partial charge in [0.1, 0.15) is 4.90 Å². The van der Waals surface area contributed by atoms with E-state index in [1.54, 1.807) is 12.1 Å². The third-order valence-corrected chi connectivity index (χ3v) is 5.50. The van der Waals surface area contributed by atoms with E-state index in [4.69, 9.17) is 11.6 Å². The van der Waals surface area contributed by atoms with Gasteiger partial charge in [-0.1, -0.05) is 57.3 Å². The van der Waals surface area contributed by atoms with Crippen molar-refractivity contribution in [1.82, 2.24) is 4.72 Å². The molecule has 1 rings (SSSR count). The first-order valence-corrected chi connectivity index (χ1v) is 9.38. The predicted molar refractivity (Wildman–Crippen MR) is 86.5 cm³/mol. The van der Waals surface area contributed by atoms with Gasteiger partial charge in [0, 0.05) is 15.8 Å². The molecule has 0 heterocycles. The molecule has 0 radical (unpaired) electrons. The molecular formula is C12H16Br2ClNO2S. The molecule has 3 nitrogen and oxygen atoms in total. The largest absolute Gasteiger partial charge is 0.242 e. The van der Waals surface area contributed by atoms with Crippen LogP contribution in [0.1, 0.15) is 20.3 Å². The number of nitrogens with one attached hydrogen (secondary N) is 1. The van der Waals surface area contributed by atoms with E-state index in [1.807, 2.05) is 0 Å². The lowest BCUT2D eigenvalue weighted by atomic mass is 10.1. The molecule has 0 aliphatic carbocycles. The van der Waals surface area contributed by atoms with Crippen LogP contribution in [0.4, 0.5) is 0 Å². The number of sulfonamides is 1. The van der Waals surface area contributed by atoms with Crippen molar-refractivity contribution < 1.29 is 8.42 Å². The van der Waals surface area contributed by atoms with Crippen LogP contribution in [-0.4, -0.2) is 19.8 Å². The van der Waals surface area contributed by atoms with Crippen LogP contribution in [0.2, 0.25) is 5.02 Å². The minimum absolute atomic E-state index is 0.0987. The van der Waals surface area contributed by atoms with Crippen LogP contribution in [0, 0.1) is 5.92 Å². The van der Waals surface area contributed by atoms with E-state index in [0.717, 1.165) is 10.9 Å². The average Bonchev–Trinajstić information content (AvgIpc) is 2.25. The lowest BCUT2D eigenvalue weighted by Gasteiger charge is -2.14. The third kappa shape index (κ3) is 5.71. The van der Waals surface area contributed by atoms with Gasteiger partial charge >= 0.3 is 0 Å². The monoisotopic (exact) mass is 431 g/mol. The number of hydrogen-bond donors (Lipinski definition) is 1. The smallest absolute Gasteiger partial charge is 0.210 e. The van der Waals surface area contributed by atoms with Gasteiger partial charge in [-0.25, -0.2) is 13.1 Å². The first-order chi connectivity index (χ1) is 8.72. The molecule has 0 aliphatic rings. The molecule has 1 aromatic rings. The second-order valence-electron chi connectivity index (χ2n) is 4.65. The summed E-state index contributed by atoms with van der Waals surface area (Å²) < 4.78 is 27.6. The van der Waals surface area contributed by atoms with Crippen LogP contribution in [0.5, 0.6) is 0 Å². The molecule has 0 amide bonds. The third-order valence-electron chi connectivity index (χ3n) is 2.41. The minimum Gasteiger partial charge on any atom is -0.210 e. The van der Waals surface area contributed by atoms with Gasteiger partial charge in [0.05, 0.1) is 5.02 Å². The highest BCUT2D eigenvalue weighted by Crippen LogP contribution is 2.25. The zero-order valence-corrected chi connectivity index (χ0v) is 15.4. The number of alkyl halides is 1. The molecule has 0 spiro atoms. The number of rotatable bonds is 6. The van der Waals surface area contributed by atoms with E-state index in [-0.39, 0.29) is 14.7 Å². The standard InChI is InChI=1S/C12H16Br2ClNO2S/c1-8(2)5-10(14)7-16-19(17,18)12-4-3-9(13)6-11(12)15/h3-4,6,8,10,16H,5,7H2,1-2H3. The van der Waals surface area contributed by atoms with Crippen LogP contribution in [0.3, 0.4) is 0 Å². The maximum absolute atomic E-state index is 12.1. The average molecular weight is 434 g/mol. The van der Waals surface area contributed by atoms with Crippen LogP contribution in [0.25, 0.3) is 0 Å². The zero-order chi connectivity index (χ0) is 14.6. The summed E-state index contributed by atoms with van der Waals surface area (Å²) in [6.07, 6.45) is 0.899. The van der Waals surface area contributed by atoms with Crippen molar-refractivity contribution in [3.05, 3.63) is 27.7 Å². The molecule has 0 bridgehead atoms. The van der Waals surface area contributed by atoms with E-state index < -0.39 is 10.0 Å². The lowest BCUT2D eigenvalue weighted by Crippen LogP contribution is -2.30. The summed E-state index contributed by atoms with van der Waals surface area (Å²) in [4.78, 5) is 0.207. The Labute approximate surface area is 136 Å². The molecule has 1 N–H and O–H groups in total. The Morgan fingerprint density at radius 2 is 2.00 bits per heavy atom. The first-order valence-electron chi connectivity index (χ1n) is 5.81. The Balaban J connectivity index is 2.76. The summed E-state index contributed by atoms with van der Waals surface area (Å²) in [6.45, 7) is 4.52. The van der Waals surface area contributed by atoms with Crippen LogP contribution < -0.4 is 4.72 Å². The molecule has 0 saturated carbocycles. The number of hydrogen-bond acceptors (Lipinski definition) is 2. The Hall–Kier alpha value is 0.380. The van der Waals surface area contributed by atoms with Gasteiger partial charge in [0.15, 0.2) is 0 Å². The highest BCUT2D eigenvalue weighted by atomic mass is 79.9. The summed E-state index contributed by atoms with van der Waals surface area (Å²) in [5.41, 5.74) is 0. The van der Waals surface area contributed by atoms with Gasteiger partial charge in [-0.2, -0.15) is 0 Å². The number of benzene rings is 1. The summed E-state index contributed by atoms with van der Waals surface area (Å²) in [6, 6.07) is 4.70. The second-order valence-corrected chi connectivity index (χ2v) is 9.01. The predicted octanol–water partition coefficient (Wildman–Crippen LogP) is 4.19. The zero-order valence-electron chi connectivity index (χ0n) is 10.7. The summed E-state index contributed by atoms with van der Waals surface area (Å²) in [7, 11) is -3.57. The van der Waals surface area contributed by atoms with Crippen LogP contribution in [-0.2, 0) is 10.0 Å². The van der Waals surface area contributed by atoms with E-state index in [2.05, 4.69) is 50.4 Å². The molecule has 1 unspecified atom stereocenters. The fourth-order valence-electron chi connectivity index (χ4n) is 1.57. The Bertz CT molecular complexity index is 535. The molecule has 0 aliphatic heterocycles. The summed E-state index contributed by atoms with van der Waals surface area (Å²) in [5, 5.41) is 0.205. The van der Waals surface area contributed by atoms with E-state index in [9.17, 15) is 8.42 Å². The Morgan fingerprint density at radius 3 is 2.53 bits per heavy atom. The summed E-state index contributed by atoms with van der Waals surface area (Å²) >= 11 is 12.7. The van der Waals surface area contributed by atoms with Crippen molar-refractivity contribution in [3.63, 3.8) is 0 Å². The highest BCUT2D eigenvalue weighted by Gasteiger charge is 2.19. The Kier molecular flexibility index (Phi) is 6.79. The highest BCUT2D eigenvalue weighted by molar-refractivity contribution is 9.10. The van der Waals surface area contributed by atoms with Crippen molar-refractivity contribution in [1.29, 1.82) is 0 Å². The molecule has 0 fully saturated rings. The van der Waals surface area contributed by atoms with Gasteiger partial charge in [0.2, 0.25) is 10.0 Å². The fourth-order valence-corrected chi connectivity index (χ4v) is 4.81. The second kappa shape index (κ2) is 7.41. The fraction of sp³-hybridized carbons (Fsp3) is 0.500. The van der Waals surface area contributed by atoms with Gasteiger partial charge in [-0.3, -0.25) is 0 Å². The maximum atomic E-state index is 12.1. The van der Waals surface area contributed by atoms with Crippen molar-refractivity contribution in [3.8, 4) is 0 Å². The van der Waals surface area contributed by atoms with E-state index >= 15 is 0 Å². The summed E-state index contributed by atoms with van der Waals surface area (Å²) in [5.74, 6) is 0.505. The van der Waals surface area contributed by atoms with E-state index in [1.165, 1.54) is 6.07 Å². The lowest BCUT2D eigenvalue weighted by molar-refractivity contribution is 0.551.